The number of aromatic nitrogens is 1. The molecule has 120 valence electrons. The molecule has 2 aromatic heterocycles. The first-order chi connectivity index (χ1) is 10.7. The van der Waals surface area contributed by atoms with E-state index in [9.17, 15) is 5.11 Å². The Morgan fingerprint density at radius 2 is 2.23 bits per heavy atom. The molecule has 0 bridgehead atoms. The van der Waals surface area contributed by atoms with Crippen molar-refractivity contribution < 1.29 is 5.11 Å². The summed E-state index contributed by atoms with van der Waals surface area (Å²) in [6.07, 6.45) is 7.74. The maximum absolute atomic E-state index is 10.2. The molecule has 1 fully saturated rings. The third-order valence-corrected chi connectivity index (χ3v) is 6.48. The maximum atomic E-state index is 10.2. The molecule has 2 atom stereocenters. The van der Waals surface area contributed by atoms with Crippen LogP contribution in [0.2, 0.25) is 0 Å². The van der Waals surface area contributed by atoms with Crippen molar-refractivity contribution in [2.75, 3.05) is 0 Å². The summed E-state index contributed by atoms with van der Waals surface area (Å²) in [6, 6.07) is 4.27. The SMILES string of the molecule is CC(CC(O)c1cccs1)NCc1cnc(C2CCCC2)s1. The van der Waals surface area contributed by atoms with E-state index >= 15 is 0 Å². The average molecular weight is 337 g/mol. The predicted molar refractivity (Wildman–Crippen MR) is 93.5 cm³/mol. The second-order valence-electron chi connectivity index (χ2n) is 6.20. The summed E-state index contributed by atoms with van der Waals surface area (Å²) < 4.78 is 0. The summed E-state index contributed by atoms with van der Waals surface area (Å²) in [5, 5.41) is 17.0. The Labute approximate surface area is 140 Å². The molecule has 2 aromatic rings. The second-order valence-corrected chi connectivity index (χ2v) is 8.32. The van der Waals surface area contributed by atoms with Crippen molar-refractivity contribution >= 4 is 22.7 Å². The zero-order chi connectivity index (χ0) is 15.4. The molecule has 22 heavy (non-hydrogen) atoms. The Morgan fingerprint density at radius 1 is 1.41 bits per heavy atom. The monoisotopic (exact) mass is 336 g/mol. The highest BCUT2D eigenvalue weighted by atomic mass is 32.1. The Morgan fingerprint density at radius 3 is 2.95 bits per heavy atom. The molecule has 2 unspecified atom stereocenters. The molecule has 2 N–H and O–H groups in total. The van der Waals surface area contributed by atoms with Gasteiger partial charge in [0, 0.05) is 34.5 Å². The van der Waals surface area contributed by atoms with Gasteiger partial charge in [-0.05, 0) is 37.6 Å². The number of aliphatic hydroxyl groups excluding tert-OH is 1. The molecule has 2 heterocycles. The molecule has 0 radical (unpaired) electrons. The van der Waals surface area contributed by atoms with E-state index in [4.69, 9.17) is 0 Å². The van der Waals surface area contributed by atoms with Crippen LogP contribution in [0.25, 0.3) is 0 Å². The van der Waals surface area contributed by atoms with Crippen molar-refractivity contribution in [3.8, 4) is 0 Å². The van der Waals surface area contributed by atoms with Gasteiger partial charge in [-0.25, -0.2) is 4.98 Å². The van der Waals surface area contributed by atoms with Crippen LogP contribution in [0.5, 0.6) is 0 Å². The number of rotatable bonds is 7. The number of thiazole rings is 1. The normalized spacial score (nSPS) is 18.6. The molecule has 1 saturated carbocycles. The van der Waals surface area contributed by atoms with Crippen molar-refractivity contribution in [1.29, 1.82) is 0 Å². The first kappa shape index (κ1) is 16.1. The van der Waals surface area contributed by atoms with Crippen molar-refractivity contribution in [2.45, 2.75) is 63.6 Å². The Balaban J connectivity index is 1.45. The van der Waals surface area contributed by atoms with E-state index in [0.717, 1.165) is 17.8 Å². The Kier molecular flexibility index (Phi) is 5.63. The highest BCUT2D eigenvalue weighted by Gasteiger charge is 2.20. The minimum Gasteiger partial charge on any atom is -0.388 e. The third-order valence-electron chi connectivity index (χ3n) is 4.35. The molecule has 0 amide bonds. The van der Waals surface area contributed by atoms with E-state index in [1.54, 1.807) is 11.3 Å². The summed E-state index contributed by atoms with van der Waals surface area (Å²) in [5.41, 5.74) is 0. The van der Waals surface area contributed by atoms with Crippen LogP contribution in [0, 0.1) is 0 Å². The highest BCUT2D eigenvalue weighted by molar-refractivity contribution is 7.11. The Bertz CT molecular complexity index is 561. The number of thiophene rings is 1. The van der Waals surface area contributed by atoms with Crippen LogP contribution in [-0.2, 0) is 6.54 Å². The second kappa shape index (κ2) is 7.68. The van der Waals surface area contributed by atoms with Crippen molar-refractivity contribution in [1.82, 2.24) is 10.3 Å². The fraction of sp³-hybridized carbons (Fsp3) is 0.588. The molecule has 0 aromatic carbocycles. The minimum atomic E-state index is -0.363. The third kappa shape index (κ3) is 4.16. The lowest BCUT2D eigenvalue weighted by atomic mass is 10.1. The number of aliphatic hydroxyl groups is 1. The average Bonchev–Trinajstić information content (AvgIpc) is 3.25. The topological polar surface area (TPSA) is 45.1 Å². The summed E-state index contributed by atoms with van der Waals surface area (Å²) >= 11 is 3.47. The van der Waals surface area contributed by atoms with E-state index in [2.05, 4.69) is 17.2 Å². The molecule has 1 aliphatic carbocycles. The van der Waals surface area contributed by atoms with Gasteiger partial charge >= 0.3 is 0 Å². The van der Waals surface area contributed by atoms with E-state index in [1.165, 1.54) is 35.6 Å². The lowest BCUT2D eigenvalue weighted by Gasteiger charge is -2.16. The lowest BCUT2D eigenvalue weighted by molar-refractivity contribution is 0.157. The lowest BCUT2D eigenvalue weighted by Crippen LogP contribution is -2.26. The van der Waals surface area contributed by atoms with Gasteiger partial charge in [0.25, 0.3) is 0 Å². The van der Waals surface area contributed by atoms with Crippen LogP contribution in [-0.4, -0.2) is 16.1 Å². The Hall–Kier alpha value is -0.750. The molecule has 3 nitrogen and oxygen atoms in total. The molecule has 5 heteroatoms. The standard InChI is InChI=1S/C17H24N2OS2/c1-12(9-15(20)16-7-4-8-21-16)18-10-14-11-19-17(22-14)13-5-2-3-6-13/h4,7-8,11-13,15,18,20H,2-3,5-6,9-10H2,1H3. The smallest absolute Gasteiger partial charge is 0.0959 e. The van der Waals surface area contributed by atoms with E-state index < -0.39 is 0 Å². The zero-order valence-corrected chi connectivity index (χ0v) is 14.6. The molecule has 1 aliphatic rings. The zero-order valence-electron chi connectivity index (χ0n) is 13.0. The molecule has 3 rings (SSSR count). The first-order valence-corrected chi connectivity index (χ1v) is 9.81. The fourth-order valence-corrected chi connectivity index (χ4v) is 4.82. The summed E-state index contributed by atoms with van der Waals surface area (Å²) in [5.74, 6) is 0.705. The van der Waals surface area contributed by atoms with Gasteiger partial charge in [0.15, 0.2) is 0 Å². The molecule has 0 saturated heterocycles. The number of nitrogens with zero attached hydrogens (tertiary/aromatic N) is 1. The van der Waals surface area contributed by atoms with Gasteiger partial charge in [-0.1, -0.05) is 18.9 Å². The first-order valence-electron chi connectivity index (χ1n) is 8.12. The molecule has 0 spiro atoms. The van der Waals surface area contributed by atoms with Gasteiger partial charge < -0.3 is 10.4 Å². The van der Waals surface area contributed by atoms with Gasteiger partial charge in [0.2, 0.25) is 0 Å². The van der Waals surface area contributed by atoms with Crippen LogP contribution in [0.15, 0.2) is 23.7 Å². The van der Waals surface area contributed by atoms with E-state index in [1.807, 2.05) is 35.0 Å². The minimum absolute atomic E-state index is 0.286. The van der Waals surface area contributed by atoms with Crippen molar-refractivity contribution in [3.63, 3.8) is 0 Å². The predicted octanol–water partition coefficient (Wildman–Crippen LogP) is 4.46. The number of nitrogens with one attached hydrogen (secondary N) is 1. The summed E-state index contributed by atoms with van der Waals surface area (Å²) in [4.78, 5) is 6.96. The van der Waals surface area contributed by atoms with E-state index in [0.29, 0.717) is 5.92 Å². The maximum Gasteiger partial charge on any atom is 0.0959 e. The van der Waals surface area contributed by atoms with Crippen LogP contribution < -0.4 is 5.32 Å². The van der Waals surface area contributed by atoms with Gasteiger partial charge in [-0.2, -0.15) is 0 Å². The van der Waals surface area contributed by atoms with Crippen molar-refractivity contribution in [3.05, 3.63) is 38.5 Å². The largest absolute Gasteiger partial charge is 0.388 e. The van der Waals surface area contributed by atoms with Crippen LogP contribution in [0.4, 0.5) is 0 Å². The quantitative estimate of drug-likeness (QED) is 0.784. The van der Waals surface area contributed by atoms with Gasteiger partial charge in [0.1, 0.15) is 0 Å². The summed E-state index contributed by atoms with van der Waals surface area (Å²) in [7, 11) is 0. The van der Waals surface area contributed by atoms with Gasteiger partial charge in [-0.3, -0.25) is 0 Å². The van der Waals surface area contributed by atoms with Gasteiger partial charge in [0.05, 0.1) is 11.1 Å². The molecule has 0 aliphatic heterocycles. The van der Waals surface area contributed by atoms with Gasteiger partial charge in [-0.15, -0.1) is 22.7 Å². The highest BCUT2D eigenvalue weighted by Crippen LogP contribution is 2.36. The van der Waals surface area contributed by atoms with Crippen molar-refractivity contribution in [2.24, 2.45) is 0 Å². The molecular weight excluding hydrogens is 312 g/mol. The van der Waals surface area contributed by atoms with E-state index in [-0.39, 0.29) is 12.1 Å². The fourth-order valence-electron chi connectivity index (χ4n) is 3.06. The van der Waals surface area contributed by atoms with Crippen LogP contribution in [0.1, 0.15) is 65.8 Å². The number of hydrogen-bond acceptors (Lipinski definition) is 5. The number of hydrogen-bond donors (Lipinski definition) is 2. The molecular formula is C17H24N2OS2. The van der Waals surface area contributed by atoms with Crippen LogP contribution >= 0.6 is 22.7 Å². The summed E-state index contributed by atoms with van der Waals surface area (Å²) in [6.45, 7) is 2.98. The van der Waals surface area contributed by atoms with Crippen LogP contribution in [0.3, 0.4) is 0 Å².